The van der Waals surface area contributed by atoms with E-state index in [1.165, 1.54) is 49.1 Å². The summed E-state index contributed by atoms with van der Waals surface area (Å²) in [4.78, 5) is 109. The van der Waals surface area contributed by atoms with Crippen LogP contribution in [0.5, 0.6) is 11.5 Å². The van der Waals surface area contributed by atoms with E-state index in [4.69, 9.17) is 48.4 Å². The van der Waals surface area contributed by atoms with Gasteiger partial charge in [-0.1, -0.05) is 106 Å². The van der Waals surface area contributed by atoms with Crippen molar-refractivity contribution in [2.75, 3.05) is 123 Å². The van der Waals surface area contributed by atoms with Crippen LogP contribution in [0, 0.1) is 47.3 Å². The predicted molar refractivity (Wildman–Crippen MR) is 391 cm³/mol. The topological polar surface area (TPSA) is 335 Å². The number of methoxy groups -OCH3 is 6. The number of Topliss-reactive ketones (excluding diaryl/α,β-unsaturated/α-hetero) is 4. The molecule has 6 fully saturated rings. The minimum absolute atomic E-state index is 0.00116. The van der Waals surface area contributed by atoms with Crippen LogP contribution in [0.25, 0.3) is 0 Å². The fourth-order valence-corrected chi connectivity index (χ4v) is 11.8. The van der Waals surface area contributed by atoms with Crippen molar-refractivity contribution < 1.29 is 109 Å². The zero-order valence-corrected chi connectivity index (χ0v) is 64.4. The maximum atomic E-state index is 13.6. The molecule has 4 aromatic carbocycles. The molecule has 10 rings (SSSR count). The molecule has 25 nitrogen and oxygen atoms in total. The van der Waals surface area contributed by atoms with Crippen molar-refractivity contribution in [3.63, 3.8) is 0 Å². The van der Waals surface area contributed by atoms with Gasteiger partial charge in [-0.25, -0.2) is 4.79 Å². The Balaban J connectivity index is 0.000000246. The minimum Gasteiger partial charge on any atom is -0.497 e. The van der Waals surface area contributed by atoms with Gasteiger partial charge in [0.1, 0.15) is 39.9 Å². The smallest absolute Gasteiger partial charge is 0.333 e. The van der Waals surface area contributed by atoms with Crippen molar-refractivity contribution >= 4 is 60.3 Å². The molecule has 4 aromatic rings. The van der Waals surface area contributed by atoms with E-state index >= 15 is 0 Å². The number of nitrogens with two attached hydrogens (primary N) is 1. The second-order valence-electron chi connectivity index (χ2n) is 27.5. The lowest BCUT2D eigenvalue weighted by molar-refractivity contribution is -0.154. The summed E-state index contributed by atoms with van der Waals surface area (Å²) in [5, 5.41) is 2.99. The van der Waals surface area contributed by atoms with Crippen LogP contribution >= 0.6 is 7.37 Å². The number of carbonyl (C=O) groups is 9. The van der Waals surface area contributed by atoms with Gasteiger partial charge in [-0.3, -0.25) is 42.9 Å². The molecule has 3 N–H and O–H groups in total. The SMILES string of the molecule is COC(=O)C(C)=C1COC1.COC(=O)C(C)C1COC1.COC(=O)C(C)P(C)(=O)OC.COC(=O)[C@@H](CC(=O)[C@@H](C)C1COC1)Cc1ccc(OC)cc1.COc1ccc(C[C@H](CC(=O)[C@@H](C)C2COC2)C(=O)N[C@@H](Cc2ccccc2)C(=O)[C@@]2(C)CO2)cc1.C[C@]1(C(=O)[C@@H](N)Cc2ccccc2)CO1. The van der Waals surface area contributed by atoms with E-state index in [1.54, 1.807) is 35.0 Å². The van der Waals surface area contributed by atoms with Crippen LogP contribution < -0.4 is 20.5 Å². The number of ketones is 4. The number of nitrogens with one attached hydrogen (secondary N) is 1. The Morgan fingerprint density at radius 3 is 1.26 bits per heavy atom. The van der Waals surface area contributed by atoms with E-state index in [0.717, 1.165) is 39.3 Å². The van der Waals surface area contributed by atoms with E-state index in [2.05, 4.69) is 24.1 Å². The van der Waals surface area contributed by atoms with Gasteiger partial charge in [-0.05, 0) is 105 Å². The number of benzene rings is 4. The van der Waals surface area contributed by atoms with E-state index in [0.29, 0.717) is 103 Å². The molecule has 0 aromatic heterocycles. The van der Waals surface area contributed by atoms with Crippen LogP contribution in [0.4, 0.5) is 0 Å². The van der Waals surface area contributed by atoms with Crippen LogP contribution in [0.15, 0.2) is 120 Å². The lowest BCUT2D eigenvalue weighted by atomic mass is 9.83. The van der Waals surface area contributed by atoms with Gasteiger partial charge in [0, 0.05) is 67.7 Å². The molecule has 26 heteroatoms. The van der Waals surface area contributed by atoms with Crippen LogP contribution in [0.2, 0.25) is 0 Å². The first-order chi connectivity index (χ1) is 49.9. The van der Waals surface area contributed by atoms with Crippen LogP contribution in [0.1, 0.15) is 83.6 Å². The highest BCUT2D eigenvalue weighted by atomic mass is 31.2. The fraction of sp³-hybridized carbons (Fsp3) is 0.557. The molecular weight excluding hydrogens is 1380 g/mol. The van der Waals surface area contributed by atoms with E-state index < -0.39 is 54.1 Å². The summed E-state index contributed by atoms with van der Waals surface area (Å²) >= 11 is 0. The third-order valence-electron chi connectivity index (χ3n) is 19.7. The van der Waals surface area contributed by atoms with Crippen LogP contribution in [0.3, 0.4) is 0 Å². The van der Waals surface area contributed by atoms with Crippen molar-refractivity contribution in [1.29, 1.82) is 0 Å². The molecule has 3 unspecified atom stereocenters. The zero-order chi connectivity index (χ0) is 77.6. The lowest BCUT2D eigenvalue weighted by Crippen LogP contribution is -2.50. The first-order valence-corrected chi connectivity index (χ1v) is 37.3. The van der Waals surface area contributed by atoms with Gasteiger partial charge >= 0.3 is 23.9 Å². The summed E-state index contributed by atoms with van der Waals surface area (Å²) in [5.41, 5.74) is 9.36. The normalized spacial score (nSPS) is 20.3. The van der Waals surface area contributed by atoms with Crippen LogP contribution in [-0.4, -0.2) is 204 Å². The first kappa shape index (κ1) is 87.8. The highest BCUT2D eigenvalue weighted by Crippen LogP contribution is 2.47. The summed E-state index contributed by atoms with van der Waals surface area (Å²) in [6.07, 6.45) is 2.12. The third kappa shape index (κ3) is 27.8. The number of hydrogen-bond acceptors (Lipinski definition) is 24. The van der Waals surface area contributed by atoms with Crippen molar-refractivity contribution in [2.45, 2.75) is 116 Å². The van der Waals surface area contributed by atoms with Gasteiger partial charge < -0.3 is 72.4 Å². The molecule has 6 aliphatic heterocycles. The molecule has 578 valence electrons. The van der Waals surface area contributed by atoms with Gasteiger partial charge in [0.2, 0.25) is 13.3 Å². The molecule has 6 heterocycles. The maximum absolute atomic E-state index is 13.6. The van der Waals surface area contributed by atoms with Crippen molar-refractivity contribution in [2.24, 2.45) is 53.1 Å². The number of amides is 1. The van der Waals surface area contributed by atoms with Gasteiger partial charge in [-0.2, -0.15) is 0 Å². The predicted octanol–water partition coefficient (Wildman–Crippen LogP) is 8.41. The second kappa shape index (κ2) is 43.1. The van der Waals surface area contributed by atoms with Crippen molar-refractivity contribution in [1.82, 2.24) is 5.32 Å². The van der Waals surface area contributed by atoms with Crippen LogP contribution in [-0.2, 0) is 125 Å². The number of hydrogen-bond donors (Lipinski definition) is 2. The molecule has 11 atom stereocenters. The Bertz CT molecular complexity index is 3520. The highest BCUT2D eigenvalue weighted by Gasteiger charge is 2.51. The summed E-state index contributed by atoms with van der Waals surface area (Å²) in [6.45, 7) is 19.8. The summed E-state index contributed by atoms with van der Waals surface area (Å²) in [5.74, 6) is -0.489. The highest BCUT2D eigenvalue weighted by molar-refractivity contribution is 7.59. The second-order valence-corrected chi connectivity index (χ2v) is 30.4. The fourth-order valence-electron chi connectivity index (χ4n) is 11.0. The number of rotatable bonds is 31. The lowest BCUT2D eigenvalue weighted by Gasteiger charge is -2.31. The van der Waals surface area contributed by atoms with Gasteiger partial charge in [0.05, 0.1) is 133 Å². The Morgan fingerprint density at radius 2 is 0.895 bits per heavy atom. The largest absolute Gasteiger partial charge is 0.497 e. The molecule has 6 saturated heterocycles. The minimum atomic E-state index is -2.81. The molecule has 1 amide bonds. The van der Waals surface area contributed by atoms with Gasteiger partial charge in [0.15, 0.2) is 11.6 Å². The van der Waals surface area contributed by atoms with E-state index in [9.17, 15) is 47.7 Å². The summed E-state index contributed by atoms with van der Waals surface area (Å²) in [7, 11) is 7.13. The maximum Gasteiger partial charge on any atom is 0.333 e. The number of epoxide rings is 2. The third-order valence-corrected chi connectivity index (χ3v) is 22.1. The average molecular weight is 1490 g/mol. The molecule has 0 bridgehead atoms. The molecule has 6 aliphatic rings. The molecule has 105 heavy (non-hydrogen) atoms. The quantitative estimate of drug-likeness (QED) is 0.0157. The van der Waals surface area contributed by atoms with Gasteiger partial charge in [-0.15, -0.1) is 0 Å². The van der Waals surface area contributed by atoms with E-state index in [-0.39, 0.29) is 89.4 Å². The Kier molecular flexibility index (Phi) is 36.0. The van der Waals surface area contributed by atoms with E-state index in [1.807, 2.05) is 130 Å². The molecular formula is C79H109N2O23P. The Labute approximate surface area is 617 Å². The molecule has 0 saturated carbocycles. The number of ether oxygens (including phenoxy) is 12. The average Bonchev–Trinajstić information content (AvgIpc) is 1.65. The zero-order valence-electron chi connectivity index (χ0n) is 63.5. The summed E-state index contributed by atoms with van der Waals surface area (Å²) in [6, 6.07) is 33.2. The van der Waals surface area contributed by atoms with Gasteiger partial charge in [0.25, 0.3) is 0 Å². The first-order valence-electron chi connectivity index (χ1n) is 35.2. The monoisotopic (exact) mass is 1480 g/mol. The molecule has 0 radical (unpaired) electrons. The van der Waals surface area contributed by atoms with Crippen molar-refractivity contribution in [3.8, 4) is 11.5 Å². The summed E-state index contributed by atoms with van der Waals surface area (Å²) < 4.78 is 75.5. The Morgan fingerprint density at radius 1 is 0.505 bits per heavy atom. The number of carbonyl (C=O) groups excluding carboxylic acids is 9. The standard InChI is InChI=1S/C29H35NO6.C18H24O5.C12H15NO2.C7H12O3.C7H10O3.C6H13O4P/c1-19(23-16-35-17-23)26(31)15-22(13-21-9-11-24(34-3)12-10-21)28(33)30-25(27(32)29(2)18-36-29)14-20-7-5-4-6-8-20;1-12(15-10-23-11-15)17(19)9-14(18(20)22-3)8-13-4-6-16(21-2)7-5-13;1-12(8-15-12)11(14)10(13)7-9-5-3-2-4-6-9;2*1-5(7(8)9-2)6-3-10-4-6;1-5(6(7)9-2)11(4,8)10-3/h4-12,19,22-23,25H,13-18H2,1-3H3,(H,30,33);4-7,12,14-15H,8-11H2,1-3H3;2-6,10H,7-8,13H2,1H3;5-6H,3-4H2,1-2H3;3-4H2,1-2H3;5H,1-4H3/t19-,22+,25-,29+;12-,14+;10-,12+;;;/m000.../s1. The number of esters is 4. The molecule has 0 aliphatic carbocycles. The Hall–Kier alpha value is -7.84. The van der Waals surface area contributed by atoms with Crippen molar-refractivity contribution in [3.05, 3.63) is 143 Å². The molecule has 0 spiro atoms.